The molecule has 2 heterocycles. The average molecular weight is 459 g/mol. The van der Waals surface area contributed by atoms with E-state index in [4.69, 9.17) is 26.4 Å². The van der Waals surface area contributed by atoms with E-state index in [2.05, 4.69) is 19.1 Å². The van der Waals surface area contributed by atoms with Crippen molar-refractivity contribution in [1.82, 2.24) is 0 Å². The average Bonchev–Trinajstić information content (AvgIpc) is 3.05. The van der Waals surface area contributed by atoms with Gasteiger partial charge in [-0.1, -0.05) is 54.1 Å². The molecule has 33 heavy (non-hydrogen) atoms. The second-order valence-corrected chi connectivity index (χ2v) is 8.51. The van der Waals surface area contributed by atoms with Crippen molar-refractivity contribution in [2.75, 3.05) is 16.5 Å². The van der Waals surface area contributed by atoms with Gasteiger partial charge in [-0.05, 0) is 55.8 Å². The fourth-order valence-corrected chi connectivity index (χ4v) is 4.52. The van der Waals surface area contributed by atoms with Crippen LogP contribution in [0.4, 0.5) is 17.1 Å². The first-order chi connectivity index (χ1) is 16.0. The van der Waals surface area contributed by atoms with Crippen molar-refractivity contribution in [2.45, 2.75) is 25.9 Å². The zero-order valence-electron chi connectivity index (χ0n) is 18.4. The lowest BCUT2D eigenvalue weighted by molar-refractivity contribution is -0.135. The summed E-state index contributed by atoms with van der Waals surface area (Å²) >= 11 is 6.15. The van der Waals surface area contributed by atoms with Crippen molar-refractivity contribution in [3.05, 3.63) is 89.4 Å². The Morgan fingerprint density at radius 2 is 1.73 bits per heavy atom. The Labute approximate surface area is 197 Å². The van der Waals surface area contributed by atoms with E-state index in [9.17, 15) is 4.79 Å². The molecular formula is C26H23ClN4O2. The molecule has 0 unspecified atom stereocenters. The number of amidine groups is 1. The van der Waals surface area contributed by atoms with Gasteiger partial charge in [-0.15, -0.1) is 5.10 Å². The number of nitrogens with zero attached hydrogens (tertiary/aromatic N) is 4. The molecule has 0 saturated carbocycles. The van der Waals surface area contributed by atoms with Gasteiger partial charge in [0.1, 0.15) is 5.66 Å². The van der Waals surface area contributed by atoms with Gasteiger partial charge in [0.05, 0.1) is 29.4 Å². The number of halogens is 1. The number of fused-ring (bicyclic) bond motifs is 3. The Bertz CT molecular complexity index is 1260. The summed E-state index contributed by atoms with van der Waals surface area (Å²) in [6, 6.07) is 25.3. The fourth-order valence-electron chi connectivity index (χ4n) is 4.39. The third-order valence-electron chi connectivity index (χ3n) is 5.86. The highest BCUT2D eigenvalue weighted by Gasteiger charge is 2.51. The number of aliphatic imine (C=N–C) groups is 1. The number of hydrogen-bond donors (Lipinski definition) is 0. The third-order valence-corrected chi connectivity index (χ3v) is 6.11. The van der Waals surface area contributed by atoms with E-state index in [0.717, 1.165) is 28.3 Å². The summed E-state index contributed by atoms with van der Waals surface area (Å²) in [6.07, 6.45) is 0.515. The minimum atomic E-state index is -0.753. The topological polar surface area (TPSA) is 57.5 Å². The number of para-hydroxylation sites is 2. The summed E-state index contributed by atoms with van der Waals surface area (Å²) in [7, 11) is 0. The van der Waals surface area contributed by atoms with Gasteiger partial charge in [-0.3, -0.25) is 9.89 Å². The predicted molar refractivity (Wildman–Crippen MR) is 133 cm³/mol. The van der Waals surface area contributed by atoms with Crippen molar-refractivity contribution < 1.29 is 9.53 Å². The van der Waals surface area contributed by atoms with E-state index < -0.39 is 11.6 Å². The first-order valence-electron chi connectivity index (χ1n) is 10.8. The standard InChI is InChI=1S/C26H23ClN4O2/c1-3-33-25(32)24-29-31(20-15-13-19(27)14-16-20)26(2)17-22(18-9-5-4-6-10-18)28-21-11-7-8-12-23(21)30(24)26/h4-16H,3,17H2,1-2H3/t26-/m0/s1. The molecule has 0 amide bonds. The number of anilines is 2. The summed E-state index contributed by atoms with van der Waals surface area (Å²) in [5, 5.41) is 7.30. The number of carbonyl (C=O) groups is 1. The van der Waals surface area contributed by atoms with Crippen LogP contribution in [-0.2, 0) is 9.53 Å². The second-order valence-electron chi connectivity index (χ2n) is 8.07. The van der Waals surface area contributed by atoms with Crippen LogP contribution >= 0.6 is 11.6 Å². The van der Waals surface area contributed by atoms with Gasteiger partial charge in [0.2, 0.25) is 5.84 Å². The van der Waals surface area contributed by atoms with E-state index in [0.29, 0.717) is 11.4 Å². The molecule has 0 N–H and O–H groups in total. The van der Waals surface area contributed by atoms with Gasteiger partial charge < -0.3 is 4.74 Å². The summed E-state index contributed by atoms with van der Waals surface area (Å²) in [5.41, 5.74) is 3.57. The maximum absolute atomic E-state index is 13.1. The van der Waals surface area contributed by atoms with E-state index in [1.807, 2.05) is 76.6 Å². The Kier molecular flexibility index (Phi) is 5.38. The predicted octanol–water partition coefficient (Wildman–Crippen LogP) is 5.78. The van der Waals surface area contributed by atoms with Crippen LogP contribution in [0.5, 0.6) is 0 Å². The molecule has 5 rings (SSSR count). The van der Waals surface area contributed by atoms with Crippen molar-refractivity contribution in [3.63, 3.8) is 0 Å². The lowest BCUT2D eigenvalue weighted by Gasteiger charge is -2.41. The van der Waals surface area contributed by atoms with Crippen molar-refractivity contribution in [1.29, 1.82) is 0 Å². The summed E-state index contributed by atoms with van der Waals surface area (Å²) < 4.78 is 5.39. The highest BCUT2D eigenvalue weighted by Crippen LogP contribution is 2.46. The third kappa shape index (κ3) is 3.66. The number of esters is 1. The van der Waals surface area contributed by atoms with E-state index in [-0.39, 0.29) is 12.4 Å². The first kappa shape index (κ1) is 21.2. The van der Waals surface area contributed by atoms with Crippen molar-refractivity contribution >= 4 is 46.2 Å². The van der Waals surface area contributed by atoms with Crippen LogP contribution in [0.1, 0.15) is 25.8 Å². The molecule has 0 aliphatic carbocycles. The number of hydrazone groups is 1. The fraction of sp³-hybridized carbons (Fsp3) is 0.192. The Morgan fingerprint density at radius 3 is 2.45 bits per heavy atom. The zero-order valence-corrected chi connectivity index (χ0v) is 19.2. The van der Waals surface area contributed by atoms with E-state index in [1.54, 1.807) is 6.92 Å². The second kappa shape index (κ2) is 8.37. The summed E-state index contributed by atoms with van der Waals surface area (Å²) in [5.74, 6) is -0.246. The highest BCUT2D eigenvalue weighted by molar-refractivity contribution is 6.43. The molecule has 7 heteroatoms. The van der Waals surface area contributed by atoms with Crippen LogP contribution in [0.3, 0.4) is 0 Å². The van der Waals surface area contributed by atoms with E-state index >= 15 is 0 Å². The first-order valence-corrected chi connectivity index (χ1v) is 11.2. The van der Waals surface area contributed by atoms with Crippen LogP contribution in [0.2, 0.25) is 5.02 Å². The van der Waals surface area contributed by atoms with Crippen LogP contribution in [0.25, 0.3) is 0 Å². The monoisotopic (exact) mass is 458 g/mol. The number of ether oxygens (including phenoxy) is 1. The Balaban J connectivity index is 1.72. The number of benzene rings is 3. The van der Waals surface area contributed by atoms with E-state index in [1.165, 1.54) is 0 Å². The molecule has 0 radical (unpaired) electrons. The molecule has 166 valence electrons. The van der Waals surface area contributed by atoms with Gasteiger partial charge in [0, 0.05) is 11.4 Å². The molecule has 0 spiro atoms. The van der Waals surface area contributed by atoms with Crippen molar-refractivity contribution in [3.8, 4) is 0 Å². The number of rotatable bonds is 4. The van der Waals surface area contributed by atoms with Crippen LogP contribution in [0, 0.1) is 0 Å². The van der Waals surface area contributed by atoms with Gasteiger partial charge in [-0.2, -0.15) is 0 Å². The molecule has 0 bridgehead atoms. The number of hydrogen-bond acceptors (Lipinski definition) is 6. The van der Waals surface area contributed by atoms with Gasteiger partial charge in [0.15, 0.2) is 0 Å². The van der Waals surface area contributed by atoms with Crippen molar-refractivity contribution in [2.24, 2.45) is 10.1 Å². The lowest BCUT2D eigenvalue weighted by atomic mass is 9.96. The summed E-state index contributed by atoms with van der Waals surface area (Å²) in [4.78, 5) is 20.1. The molecule has 0 aromatic heterocycles. The minimum absolute atomic E-state index is 0.228. The highest BCUT2D eigenvalue weighted by atomic mass is 35.5. The molecule has 1 atom stereocenters. The minimum Gasteiger partial charge on any atom is -0.460 e. The molecule has 3 aromatic carbocycles. The summed E-state index contributed by atoms with van der Waals surface area (Å²) in [6.45, 7) is 4.12. The van der Waals surface area contributed by atoms with Gasteiger partial charge in [-0.25, -0.2) is 9.80 Å². The molecular weight excluding hydrogens is 436 g/mol. The Morgan fingerprint density at radius 1 is 1.03 bits per heavy atom. The molecule has 2 aliphatic heterocycles. The van der Waals surface area contributed by atoms with Gasteiger partial charge >= 0.3 is 5.97 Å². The zero-order chi connectivity index (χ0) is 23.0. The molecule has 2 aliphatic rings. The maximum Gasteiger partial charge on any atom is 0.376 e. The molecule has 3 aromatic rings. The molecule has 0 saturated heterocycles. The van der Waals surface area contributed by atoms with Crippen LogP contribution in [-0.4, -0.2) is 29.8 Å². The largest absolute Gasteiger partial charge is 0.460 e. The maximum atomic E-state index is 13.1. The number of carbonyl (C=O) groups excluding carboxylic acids is 1. The normalized spacial score (nSPS) is 19.2. The van der Waals surface area contributed by atoms with Gasteiger partial charge in [0.25, 0.3) is 0 Å². The molecule has 0 fully saturated rings. The smallest absolute Gasteiger partial charge is 0.376 e. The SMILES string of the molecule is CCOC(=O)C1=NN(c2ccc(Cl)cc2)[C@@]2(C)CC(c3ccccc3)=Nc3ccccc3N12. The quantitative estimate of drug-likeness (QED) is 0.465. The van der Waals surface area contributed by atoms with Crippen LogP contribution < -0.4 is 9.91 Å². The molecule has 6 nitrogen and oxygen atoms in total. The van der Waals surface area contributed by atoms with Crippen LogP contribution in [0.15, 0.2) is 89.0 Å². The Hall–Kier alpha value is -3.64. The lowest BCUT2D eigenvalue weighted by Crippen LogP contribution is -2.56.